The van der Waals surface area contributed by atoms with E-state index in [1.54, 1.807) is 0 Å². The molecule has 5 heteroatoms. The van der Waals surface area contributed by atoms with Crippen LogP contribution in [0.15, 0.2) is 18.2 Å². The van der Waals surface area contributed by atoms with Gasteiger partial charge in [0.2, 0.25) is 0 Å². The highest BCUT2D eigenvalue weighted by atomic mass is 19.1. The van der Waals surface area contributed by atoms with Gasteiger partial charge in [-0.25, -0.2) is 4.39 Å². The molecule has 0 saturated carbocycles. The molecule has 1 unspecified atom stereocenters. The van der Waals surface area contributed by atoms with E-state index in [0.29, 0.717) is 24.3 Å². The zero-order valence-electron chi connectivity index (χ0n) is 10.9. The number of amides is 1. The van der Waals surface area contributed by atoms with Gasteiger partial charge in [-0.3, -0.25) is 4.79 Å². The van der Waals surface area contributed by atoms with Crippen LogP contribution in [-0.2, 0) is 4.79 Å². The van der Waals surface area contributed by atoms with Gasteiger partial charge in [0.25, 0.3) is 5.91 Å². The summed E-state index contributed by atoms with van der Waals surface area (Å²) in [5.74, 6) is -0.231. The summed E-state index contributed by atoms with van der Waals surface area (Å²) in [6.45, 7) is 2.19. The van der Waals surface area contributed by atoms with E-state index < -0.39 is 18.0 Å². The first-order valence-electron chi connectivity index (χ1n) is 6.50. The number of ether oxygens (including phenoxy) is 1. The molecule has 2 rings (SSSR count). The maximum Gasteiger partial charge on any atom is 0.261 e. The molecule has 2 atom stereocenters. The lowest BCUT2D eigenvalue weighted by molar-refractivity contribution is -0.127. The second-order valence-electron chi connectivity index (χ2n) is 4.75. The van der Waals surface area contributed by atoms with Crippen molar-refractivity contribution in [1.82, 2.24) is 5.32 Å². The summed E-state index contributed by atoms with van der Waals surface area (Å²) in [5.41, 5.74) is 0.358. The molecule has 104 valence electrons. The van der Waals surface area contributed by atoms with Gasteiger partial charge in [0.05, 0.1) is 6.10 Å². The van der Waals surface area contributed by atoms with Crippen molar-refractivity contribution in [3.63, 3.8) is 0 Å². The summed E-state index contributed by atoms with van der Waals surface area (Å²) < 4.78 is 18.8. The minimum absolute atomic E-state index is 0.154. The van der Waals surface area contributed by atoms with Crippen molar-refractivity contribution in [1.29, 1.82) is 0 Å². The van der Waals surface area contributed by atoms with E-state index in [9.17, 15) is 14.3 Å². The molecule has 1 saturated heterocycles. The molecule has 0 bridgehead atoms. The Bertz CT molecular complexity index is 462. The molecule has 1 aliphatic rings. The van der Waals surface area contributed by atoms with E-state index in [-0.39, 0.29) is 5.91 Å². The standard InChI is InChI=1S/C14H18FNO3/c1-9(17)11-8-10(15)5-6-12(11)19-13-4-2-3-7-16-14(13)18/h5-6,8-9,13,17H,2-4,7H2,1H3,(H,16,18)/t9-,13?/m0/s1. The van der Waals surface area contributed by atoms with Crippen molar-refractivity contribution in [2.45, 2.75) is 38.4 Å². The normalized spacial score (nSPS) is 21.4. The van der Waals surface area contributed by atoms with Crippen molar-refractivity contribution in [2.24, 2.45) is 0 Å². The van der Waals surface area contributed by atoms with Crippen molar-refractivity contribution in [3.8, 4) is 5.75 Å². The monoisotopic (exact) mass is 267 g/mol. The van der Waals surface area contributed by atoms with Gasteiger partial charge in [-0.1, -0.05) is 0 Å². The molecule has 1 amide bonds. The van der Waals surface area contributed by atoms with Crippen LogP contribution in [0.3, 0.4) is 0 Å². The minimum atomic E-state index is -0.848. The molecule has 0 aromatic heterocycles. The highest BCUT2D eigenvalue weighted by Gasteiger charge is 2.24. The maximum absolute atomic E-state index is 13.2. The first-order chi connectivity index (χ1) is 9.08. The van der Waals surface area contributed by atoms with Gasteiger partial charge < -0.3 is 15.2 Å². The maximum atomic E-state index is 13.2. The van der Waals surface area contributed by atoms with Gasteiger partial charge in [0.1, 0.15) is 11.6 Å². The molecule has 0 radical (unpaired) electrons. The lowest BCUT2D eigenvalue weighted by Gasteiger charge is -2.19. The number of aliphatic hydroxyl groups is 1. The Labute approximate surface area is 111 Å². The first kappa shape index (κ1) is 13.8. The van der Waals surface area contributed by atoms with Crippen LogP contribution in [0.5, 0.6) is 5.75 Å². The fraction of sp³-hybridized carbons (Fsp3) is 0.500. The van der Waals surface area contributed by atoms with Crippen LogP contribution >= 0.6 is 0 Å². The smallest absolute Gasteiger partial charge is 0.261 e. The number of aliphatic hydroxyl groups excluding tert-OH is 1. The number of nitrogens with one attached hydrogen (secondary N) is 1. The molecule has 19 heavy (non-hydrogen) atoms. The van der Waals surface area contributed by atoms with Crippen molar-refractivity contribution >= 4 is 5.91 Å². The second kappa shape index (κ2) is 6.02. The van der Waals surface area contributed by atoms with Crippen LogP contribution in [0.25, 0.3) is 0 Å². The summed E-state index contributed by atoms with van der Waals surface area (Å²) >= 11 is 0. The summed E-state index contributed by atoms with van der Waals surface area (Å²) in [6.07, 6.45) is 1.03. The van der Waals surface area contributed by atoms with Crippen LogP contribution in [0.2, 0.25) is 0 Å². The number of carbonyl (C=O) groups is 1. The Morgan fingerprint density at radius 2 is 2.26 bits per heavy atom. The van der Waals surface area contributed by atoms with Gasteiger partial charge in [0, 0.05) is 12.1 Å². The highest BCUT2D eigenvalue weighted by molar-refractivity contribution is 5.81. The number of benzene rings is 1. The quantitative estimate of drug-likeness (QED) is 0.879. The third kappa shape index (κ3) is 3.44. The Balaban J connectivity index is 2.19. The van der Waals surface area contributed by atoms with Gasteiger partial charge >= 0.3 is 0 Å². The van der Waals surface area contributed by atoms with E-state index in [4.69, 9.17) is 4.74 Å². The van der Waals surface area contributed by atoms with Crippen molar-refractivity contribution < 1.29 is 19.0 Å². The molecular weight excluding hydrogens is 249 g/mol. The Hall–Kier alpha value is -1.62. The second-order valence-corrected chi connectivity index (χ2v) is 4.75. The summed E-state index contributed by atoms with van der Waals surface area (Å²) in [6, 6.07) is 3.94. The number of halogens is 1. The summed E-state index contributed by atoms with van der Waals surface area (Å²) in [4.78, 5) is 11.8. The van der Waals surface area contributed by atoms with Crippen LogP contribution in [0, 0.1) is 5.82 Å². The van der Waals surface area contributed by atoms with E-state index >= 15 is 0 Å². The fourth-order valence-corrected chi connectivity index (χ4v) is 2.13. The largest absolute Gasteiger partial charge is 0.480 e. The third-order valence-electron chi connectivity index (χ3n) is 3.18. The Morgan fingerprint density at radius 3 is 3.00 bits per heavy atom. The fourth-order valence-electron chi connectivity index (χ4n) is 2.13. The van der Waals surface area contributed by atoms with Gasteiger partial charge in [-0.2, -0.15) is 0 Å². The van der Waals surface area contributed by atoms with E-state index in [2.05, 4.69) is 5.32 Å². The molecular formula is C14H18FNO3. The summed E-state index contributed by atoms with van der Waals surface area (Å²) in [5, 5.41) is 12.4. The Morgan fingerprint density at radius 1 is 1.47 bits per heavy atom. The lowest BCUT2D eigenvalue weighted by atomic mass is 10.1. The van der Waals surface area contributed by atoms with Crippen molar-refractivity contribution in [2.75, 3.05) is 6.54 Å². The van der Waals surface area contributed by atoms with Gasteiger partial charge in [-0.15, -0.1) is 0 Å². The molecule has 1 aliphatic heterocycles. The molecule has 1 aromatic rings. The first-order valence-corrected chi connectivity index (χ1v) is 6.50. The van der Waals surface area contributed by atoms with Gasteiger partial charge in [0.15, 0.2) is 6.10 Å². The molecule has 0 spiro atoms. The van der Waals surface area contributed by atoms with Crippen LogP contribution in [0.1, 0.15) is 37.9 Å². The summed E-state index contributed by atoms with van der Waals surface area (Å²) in [7, 11) is 0. The highest BCUT2D eigenvalue weighted by Crippen LogP contribution is 2.27. The topological polar surface area (TPSA) is 58.6 Å². The molecule has 1 heterocycles. The predicted molar refractivity (Wildman–Crippen MR) is 68.3 cm³/mol. The zero-order valence-corrected chi connectivity index (χ0v) is 10.9. The predicted octanol–water partition coefficient (Wildman–Crippen LogP) is 1.93. The molecule has 0 aliphatic carbocycles. The lowest BCUT2D eigenvalue weighted by Crippen LogP contribution is -2.36. The number of carbonyl (C=O) groups excluding carboxylic acids is 1. The average Bonchev–Trinajstić information content (AvgIpc) is 2.57. The van der Waals surface area contributed by atoms with Crippen LogP contribution in [0.4, 0.5) is 4.39 Å². The van der Waals surface area contributed by atoms with Crippen LogP contribution < -0.4 is 10.1 Å². The van der Waals surface area contributed by atoms with Crippen LogP contribution in [-0.4, -0.2) is 23.7 Å². The third-order valence-corrected chi connectivity index (χ3v) is 3.18. The van der Waals surface area contributed by atoms with E-state index in [1.165, 1.54) is 25.1 Å². The molecule has 1 fully saturated rings. The van der Waals surface area contributed by atoms with Crippen molar-refractivity contribution in [3.05, 3.63) is 29.6 Å². The molecule has 1 aromatic carbocycles. The Kier molecular flexibility index (Phi) is 4.37. The molecule has 4 nitrogen and oxygen atoms in total. The number of hydrogen-bond acceptors (Lipinski definition) is 3. The minimum Gasteiger partial charge on any atom is -0.480 e. The SMILES string of the molecule is C[C@H](O)c1cc(F)ccc1OC1CCCCNC1=O. The molecule has 2 N–H and O–H groups in total. The van der Waals surface area contributed by atoms with Gasteiger partial charge in [-0.05, 0) is 44.4 Å². The van der Waals surface area contributed by atoms with E-state index in [1.807, 2.05) is 0 Å². The number of rotatable bonds is 3. The van der Waals surface area contributed by atoms with E-state index in [0.717, 1.165) is 12.8 Å². The number of hydrogen-bond donors (Lipinski definition) is 2. The average molecular weight is 267 g/mol. The zero-order chi connectivity index (χ0) is 13.8.